The fourth-order valence-electron chi connectivity index (χ4n) is 1.35. The summed E-state index contributed by atoms with van der Waals surface area (Å²) in [7, 11) is 1.39. The Kier molecular flexibility index (Phi) is 3.34. The van der Waals surface area contributed by atoms with Crippen molar-refractivity contribution in [1.29, 1.82) is 5.26 Å². The molecule has 2 rings (SSSR count). The summed E-state index contributed by atoms with van der Waals surface area (Å²) >= 11 is 0. The Morgan fingerprint density at radius 3 is 2.89 bits per heavy atom. The predicted molar refractivity (Wildman–Crippen MR) is 63.0 cm³/mol. The Bertz CT molecular complexity index is 609. The van der Waals surface area contributed by atoms with E-state index >= 15 is 0 Å². The van der Waals surface area contributed by atoms with E-state index < -0.39 is 5.82 Å². The van der Waals surface area contributed by atoms with Crippen molar-refractivity contribution in [2.45, 2.75) is 0 Å². The average Bonchev–Trinajstić information content (AvgIpc) is 2.39. The molecule has 0 amide bonds. The number of nitrogens with one attached hydrogen (secondary N) is 1. The highest BCUT2D eigenvalue weighted by Crippen LogP contribution is 2.22. The van der Waals surface area contributed by atoms with Crippen molar-refractivity contribution in [3.63, 3.8) is 0 Å². The van der Waals surface area contributed by atoms with Gasteiger partial charge in [0.25, 0.3) is 0 Å². The van der Waals surface area contributed by atoms with E-state index in [4.69, 9.17) is 10.00 Å². The van der Waals surface area contributed by atoms with Crippen molar-refractivity contribution in [3.05, 3.63) is 42.0 Å². The van der Waals surface area contributed by atoms with Crippen LogP contribution in [0.15, 0.2) is 30.5 Å². The van der Waals surface area contributed by atoms with Gasteiger partial charge in [-0.2, -0.15) is 5.26 Å². The smallest absolute Gasteiger partial charge is 0.228 e. The van der Waals surface area contributed by atoms with E-state index in [1.165, 1.54) is 31.5 Å². The van der Waals surface area contributed by atoms with Crippen LogP contribution >= 0.6 is 0 Å². The molecule has 5 nitrogen and oxygen atoms in total. The Morgan fingerprint density at radius 1 is 1.39 bits per heavy atom. The lowest BCUT2D eigenvalue weighted by Crippen LogP contribution is -1.99. The number of rotatable bonds is 3. The molecule has 0 radical (unpaired) electrons. The third kappa shape index (κ3) is 2.52. The van der Waals surface area contributed by atoms with Gasteiger partial charge in [0.2, 0.25) is 5.95 Å². The maximum atomic E-state index is 13.4. The number of ether oxygens (including phenoxy) is 1. The summed E-state index contributed by atoms with van der Waals surface area (Å²) < 4.78 is 18.3. The maximum absolute atomic E-state index is 13.4. The Morgan fingerprint density at radius 2 is 2.22 bits per heavy atom. The zero-order valence-electron chi connectivity index (χ0n) is 9.51. The van der Waals surface area contributed by atoms with E-state index in [-0.39, 0.29) is 17.4 Å². The molecule has 0 fully saturated rings. The molecule has 0 saturated carbocycles. The van der Waals surface area contributed by atoms with Gasteiger partial charge in [-0.05, 0) is 18.2 Å². The third-order valence-corrected chi connectivity index (χ3v) is 2.18. The largest absolute Gasteiger partial charge is 0.494 e. The number of benzene rings is 1. The first-order chi connectivity index (χ1) is 8.72. The van der Waals surface area contributed by atoms with Gasteiger partial charge >= 0.3 is 0 Å². The van der Waals surface area contributed by atoms with Crippen molar-refractivity contribution < 1.29 is 9.13 Å². The standard InChI is InChI=1S/C12H9FN4O/c1-18-11-3-2-8(6-10(11)13)16-12-15-5-4-9(7-14)17-12/h2-6H,1H3,(H,15,16,17). The molecule has 0 aliphatic rings. The van der Waals surface area contributed by atoms with Gasteiger partial charge in [0.05, 0.1) is 7.11 Å². The SMILES string of the molecule is COc1ccc(Nc2nccc(C#N)n2)cc1F. The van der Waals surface area contributed by atoms with E-state index in [0.29, 0.717) is 5.69 Å². The minimum Gasteiger partial charge on any atom is -0.494 e. The molecular formula is C12H9FN4O. The zero-order chi connectivity index (χ0) is 13.0. The summed E-state index contributed by atoms with van der Waals surface area (Å²) in [5, 5.41) is 11.5. The number of methoxy groups -OCH3 is 1. The minimum atomic E-state index is -0.487. The van der Waals surface area contributed by atoms with Crippen molar-refractivity contribution >= 4 is 11.6 Å². The monoisotopic (exact) mass is 244 g/mol. The lowest BCUT2D eigenvalue weighted by atomic mass is 10.3. The first-order valence-electron chi connectivity index (χ1n) is 5.06. The van der Waals surface area contributed by atoms with Gasteiger partial charge in [0, 0.05) is 18.0 Å². The number of hydrogen-bond donors (Lipinski definition) is 1. The van der Waals surface area contributed by atoms with Crippen LogP contribution in [0.1, 0.15) is 5.69 Å². The van der Waals surface area contributed by atoms with E-state index in [1.54, 1.807) is 6.07 Å². The van der Waals surface area contributed by atoms with Gasteiger partial charge in [-0.25, -0.2) is 14.4 Å². The van der Waals surface area contributed by atoms with Crippen molar-refractivity contribution in [2.75, 3.05) is 12.4 Å². The second kappa shape index (κ2) is 5.10. The number of hydrogen-bond acceptors (Lipinski definition) is 5. The second-order valence-electron chi connectivity index (χ2n) is 3.35. The van der Waals surface area contributed by atoms with Crippen LogP contribution in [0.25, 0.3) is 0 Å². The van der Waals surface area contributed by atoms with E-state index in [0.717, 1.165) is 0 Å². The van der Waals surface area contributed by atoms with Crippen LogP contribution in [0.5, 0.6) is 5.75 Å². The van der Waals surface area contributed by atoms with Gasteiger partial charge in [0.1, 0.15) is 11.8 Å². The van der Waals surface area contributed by atoms with Crippen LogP contribution in [-0.2, 0) is 0 Å². The third-order valence-electron chi connectivity index (χ3n) is 2.18. The highest BCUT2D eigenvalue weighted by Gasteiger charge is 2.05. The molecule has 18 heavy (non-hydrogen) atoms. The average molecular weight is 244 g/mol. The van der Waals surface area contributed by atoms with Crippen molar-refractivity contribution in [1.82, 2.24) is 9.97 Å². The van der Waals surface area contributed by atoms with Gasteiger partial charge in [-0.1, -0.05) is 0 Å². The first kappa shape index (κ1) is 11.8. The molecule has 90 valence electrons. The Labute approximate surface area is 103 Å². The Hall–Kier alpha value is -2.68. The van der Waals surface area contributed by atoms with Crippen LogP contribution in [0.4, 0.5) is 16.0 Å². The minimum absolute atomic E-state index is 0.159. The summed E-state index contributed by atoms with van der Waals surface area (Å²) in [4.78, 5) is 7.85. The molecule has 2 aromatic rings. The Balaban J connectivity index is 2.23. The van der Waals surface area contributed by atoms with Crippen LogP contribution < -0.4 is 10.1 Å². The highest BCUT2D eigenvalue weighted by atomic mass is 19.1. The normalized spacial score (nSPS) is 9.61. The van der Waals surface area contributed by atoms with Crippen LogP contribution in [0, 0.1) is 17.1 Å². The molecular weight excluding hydrogens is 235 g/mol. The van der Waals surface area contributed by atoms with Gasteiger partial charge < -0.3 is 10.1 Å². The molecule has 0 atom stereocenters. The molecule has 0 bridgehead atoms. The molecule has 1 heterocycles. The van der Waals surface area contributed by atoms with E-state index in [2.05, 4.69) is 15.3 Å². The molecule has 6 heteroatoms. The zero-order valence-corrected chi connectivity index (χ0v) is 9.51. The van der Waals surface area contributed by atoms with Gasteiger partial charge in [-0.15, -0.1) is 0 Å². The lowest BCUT2D eigenvalue weighted by molar-refractivity contribution is 0.386. The summed E-state index contributed by atoms with van der Waals surface area (Å²) in [6, 6.07) is 7.77. The number of halogens is 1. The first-order valence-corrected chi connectivity index (χ1v) is 5.06. The summed E-state index contributed by atoms with van der Waals surface area (Å²) in [6.07, 6.45) is 1.45. The van der Waals surface area contributed by atoms with Crippen molar-refractivity contribution in [3.8, 4) is 11.8 Å². The highest BCUT2D eigenvalue weighted by molar-refractivity contribution is 5.55. The molecule has 0 spiro atoms. The molecule has 0 aliphatic heterocycles. The topological polar surface area (TPSA) is 70.8 Å². The fourth-order valence-corrected chi connectivity index (χ4v) is 1.35. The number of nitrogens with zero attached hydrogens (tertiary/aromatic N) is 3. The van der Waals surface area contributed by atoms with Crippen molar-refractivity contribution in [2.24, 2.45) is 0 Å². The summed E-state index contributed by atoms with van der Waals surface area (Å²) in [5.74, 6) is -0.0928. The van der Waals surface area contributed by atoms with E-state index in [1.807, 2.05) is 6.07 Å². The molecule has 1 N–H and O–H groups in total. The van der Waals surface area contributed by atoms with Gasteiger partial charge in [0.15, 0.2) is 11.6 Å². The molecule has 1 aromatic carbocycles. The van der Waals surface area contributed by atoms with Crippen LogP contribution in [0.3, 0.4) is 0 Å². The van der Waals surface area contributed by atoms with Crippen LogP contribution in [0.2, 0.25) is 0 Å². The fraction of sp³-hybridized carbons (Fsp3) is 0.0833. The quantitative estimate of drug-likeness (QED) is 0.896. The number of nitriles is 1. The summed E-state index contributed by atoms with van der Waals surface area (Å²) in [5.41, 5.74) is 0.713. The molecule has 1 aromatic heterocycles. The molecule has 0 saturated heterocycles. The predicted octanol–water partition coefficient (Wildman–Crippen LogP) is 2.24. The molecule has 0 aliphatic carbocycles. The number of aromatic nitrogens is 2. The molecule has 0 unspecified atom stereocenters. The van der Waals surface area contributed by atoms with Crippen LogP contribution in [-0.4, -0.2) is 17.1 Å². The maximum Gasteiger partial charge on any atom is 0.228 e. The lowest BCUT2D eigenvalue weighted by Gasteiger charge is -2.06. The van der Waals surface area contributed by atoms with E-state index in [9.17, 15) is 4.39 Å². The number of anilines is 2. The summed E-state index contributed by atoms with van der Waals surface area (Å²) in [6.45, 7) is 0. The second-order valence-corrected chi connectivity index (χ2v) is 3.35. The van der Waals surface area contributed by atoms with Gasteiger partial charge in [-0.3, -0.25) is 0 Å².